The van der Waals surface area contributed by atoms with E-state index in [4.69, 9.17) is 15.6 Å². The molecular formula is C13H12N2O3. The van der Waals surface area contributed by atoms with E-state index in [9.17, 15) is 4.79 Å². The van der Waals surface area contributed by atoms with Gasteiger partial charge in [0, 0.05) is 23.4 Å². The standard InChI is InChI=1S/C13H12N2O3/c14-13(17)9-5-6-15-12(7-9)18-11-4-2-1-3-10(11)8-16/h1-7,16H,8H2,(H2,14,17). The lowest BCUT2D eigenvalue weighted by molar-refractivity contribution is 0.1000. The van der Waals surface area contributed by atoms with Crippen LogP contribution in [0.4, 0.5) is 0 Å². The Labute approximate surface area is 104 Å². The van der Waals surface area contributed by atoms with Gasteiger partial charge in [0.05, 0.1) is 6.61 Å². The molecule has 1 heterocycles. The summed E-state index contributed by atoms with van der Waals surface area (Å²) in [7, 11) is 0. The minimum Gasteiger partial charge on any atom is -0.439 e. The second-order valence-corrected chi connectivity index (χ2v) is 3.61. The van der Waals surface area contributed by atoms with Crippen LogP contribution in [0.25, 0.3) is 0 Å². The van der Waals surface area contributed by atoms with Crippen LogP contribution in [0.3, 0.4) is 0 Å². The number of rotatable bonds is 4. The molecule has 0 aliphatic rings. The number of amides is 1. The molecule has 0 saturated heterocycles. The molecule has 2 aromatic rings. The molecule has 0 spiro atoms. The SMILES string of the molecule is NC(=O)c1ccnc(Oc2ccccc2CO)c1. The van der Waals surface area contributed by atoms with Crippen LogP contribution < -0.4 is 10.5 Å². The number of nitrogens with two attached hydrogens (primary N) is 1. The average molecular weight is 244 g/mol. The van der Waals surface area contributed by atoms with Crippen molar-refractivity contribution >= 4 is 5.91 Å². The number of pyridine rings is 1. The molecule has 0 atom stereocenters. The summed E-state index contributed by atoms with van der Waals surface area (Å²) in [5.41, 5.74) is 6.13. The summed E-state index contributed by atoms with van der Waals surface area (Å²) in [4.78, 5) is 15.0. The molecule has 92 valence electrons. The number of benzene rings is 1. The smallest absolute Gasteiger partial charge is 0.248 e. The predicted molar refractivity (Wildman–Crippen MR) is 65.2 cm³/mol. The number of carbonyl (C=O) groups excluding carboxylic acids is 1. The second kappa shape index (κ2) is 5.29. The third-order valence-electron chi connectivity index (χ3n) is 2.38. The maximum Gasteiger partial charge on any atom is 0.248 e. The fourth-order valence-electron chi connectivity index (χ4n) is 1.47. The third kappa shape index (κ3) is 2.64. The Hall–Kier alpha value is -2.40. The Bertz CT molecular complexity index is 570. The zero-order chi connectivity index (χ0) is 13.0. The quantitative estimate of drug-likeness (QED) is 0.852. The first-order valence-corrected chi connectivity index (χ1v) is 5.33. The number of nitrogens with zero attached hydrogens (tertiary/aromatic N) is 1. The van der Waals surface area contributed by atoms with Crippen molar-refractivity contribution in [2.75, 3.05) is 0 Å². The summed E-state index contributed by atoms with van der Waals surface area (Å²) >= 11 is 0. The van der Waals surface area contributed by atoms with Crippen molar-refractivity contribution in [2.45, 2.75) is 6.61 Å². The molecule has 1 aromatic carbocycles. The van der Waals surface area contributed by atoms with Gasteiger partial charge in [-0.3, -0.25) is 4.79 Å². The van der Waals surface area contributed by atoms with Gasteiger partial charge in [-0.25, -0.2) is 4.98 Å². The maximum atomic E-state index is 11.0. The lowest BCUT2D eigenvalue weighted by Crippen LogP contribution is -2.11. The first kappa shape index (κ1) is 12.1. The lowest BCUT2D eigenvalue weighted by atomic mass is 10.2. The fourth-order valence-corrected chi connectivity index (χ4v) is 1.47. The molecule has 0 bridgehead atoms. The van der Waals surface area contributed by atoms with Crippen LogP contribution in [-0.2, 0) is 6.61 Å². The summed E-state index contributed by atoms with van der Waals surface area (Å²) in [6, 6.07) is 10.00. The first-order valence-electron chi connectivity index (χ1n) is 5.33. The third-order valence-corrected chi connectivity index (χ3v) is 2.38. The molecule has 0 radical (unpaired) electrons. The molecule has 1 amide bonds. The first-order chi connectivity index (χ1) is 8.70. The van der Waals surface area contributed by atoms with Crippen molar-refractivity contribution in [3.05, 3.63) is 53.7 Å². The number of aliphatic hydroxyl groups excluding tert-OH is 1. The van der Waals surface area contributed by atoms with Crippen molar-refractivity contribution in [1.29, 1.82) is 0 Å². The van der Waals surface area contributed by atoms with Gasteiger partial charge in [0.15, 0.2) is 0 Å². The van der Waals surface area contributed by atoms with Gasteiger partial charge >= 0.3 is 0 Å². The normalized spacial score (nSPS) is 10.1. The van der Waals surface area contributed by atoms with Crippen molar-refractivity contribution < 1.29 is 14.6 Å². The fraction of sp³-hybridized carbons (Fsp3) is 0.0769. The van der Waals surface area contributed by atoms with E-state index < -0.39 is 5.91 Å². The highest BCUT2D eigenvalue weighted by Gasteiger charge is 2.06. The van der Waals surface area contributed by atoms with E-state index in [2.05, 4.69) is 4.98 Å². The van der Waals surface area contributed by atoms with Crippen molar-refractivity contribution in [2.24, 2.45) is 5.73 Å². The van der Waals surface area contributed by atoms with E-state index in [-0.39, 0.29) is 12.5 Å². The molecule has 18 heavy (non-hydrogen) atoms. The number of hydrogen-bond acceptors (Lipinski definition) is 4. The van der Waals surface area contributed by atoms with Gasteiger partial charge in [-0.05, 0) is 12.1 Å². The molecule has 5 heteroatoms. The van der Waals surface area contributed by atoms with Crippen LogP contribution in [0.2, 0.25) is 0 Å². The maximum absolute atomic E-state index is 11.0. The zero-order valence-electron chi connectivity index (χ0n) is 9.54. The highest BCUT2D eigenvalue weighted by atomic mass is 16.5. The molecule has 0 saturated carbocycles. The summed E-state index contributed by atoms with van der Waals surface area (Å²) < 4.78 is 5.51. The number of aromatic nitrogens is 1. The van der Waals surface area contributed by atoms with Gasteiger partial charge in [-0.1, -0.05) is 18.2 Å². The number of carbonyl (C=O) groups is 1. The zero-order valence-corrected chi connectivity index (χ0v) is 9.54. The molecule has 1 aromatic heterocycles. The summed E-state index contributed by atoms with van der Waals surface area (Å²) in [5, 5.41) is 9.16. The Morgan fingerprint density at radius 3 is 2.83 bits per heavy atom. The molecule has 0 fully saturated rings. The van der Waals surface area contributed by atoms with Gasteiger partial charge < -0.3 is 15.6 Å². The van der Waals surface area contributed by atoms with Crippen LogP contribution in [0, 0.1) is 0 Å². The van der Waals surface area contributed by atoms with Crippen LogP contribution in [-0.4, -0.2) is 16.0 Å². The van der Waals surface area contributed by atoms with E-state index >= 15 is 0 Å². The minimum absolute atomic E-state index is 0.133. The minimum atomic E-state index is -0.544. The van der Waals surface area contributed by atoms with E-state index in [1.807, 2.05) is 0 Å². The van der Waals surface area contributed by atoms with Crippen molar-refractivity contribution in [3.8, 4) is 11.6 Å². The van der Waals surface area contributed by atoms with Gasteiger partial charge in [0.2, 0.25) is 11.8 Å². The molecule has 0 unspecified atom stereocenters. The number of primary amides is 1. The highest BCUT2D eigenvalue weighted by molar-refractivity contribution is 5.92. The molecule has 0 aliphatic heterocycles. The number of para-hydroxylation sites is 1. The van der Waals surface area contributed by atoms with E-state index in [0.717, 1.165) is 0 Å². The monoisotopic (exact) mass is 244 g/mol. The number of ether oxygens (including phenoxy) is 1. The number of aliphatic hydroxyl groups is 1. The van der Waals surface area contributed by atoms with Crippen LogP contribution in [0.5, 0.6) is 11.6 Å². The van der Waals surface area contributed by atoms with Crippen LogP contribution in [0.15, 0.2) is 42.6 Å². The van der Waals surface area contributed by atoms with Gasteiger partial charge in [-0.15, -0.1) is 0 Å². The summed E-state index contributed by atoms with van der Waals surface area (Å²) in [6.45, 7) is -0.133. The largest absolute Gasteiger partial charge is 0.439 e. The van der Waals surface area contributed by atoms with Crippen LogP contribution in [0.1, 0.15) is 15.9 Å². The Morgan fingerprint density at radius 2 is 2.11 bits per heavy atom. The van der Waals surface area contributed by atoms with E-state index in [0.29, 0.717) is 16.9 Å². The molecule has 3 N–H and O–H groups in total. The number of hydrogen-bond donors (Lipinski definition) is 2. The summed E-state index contributed by atoms with van der Waals surface area (Å²) in [5.74, 6) is 0.207. The second-order valence-electron chi connectivity index (χ2n) is 3.61. The molecular weight excluding hydrogens is 232 g/mol. The van der Waals surface area contributed by atoms with Gasteiger partial charge in [0.25, 0.3) is 0 Å². The molecule has 0 aliphatic carbocycles. The Kier molecular flexibility index (Phi) is 3.54. The topological polar surface area (TPSA) is 85.4 Å². The lowest BCUT2D eigenvalue weighted by Gasteiger charge is -2.08. The van der Waals surface area contributed by atoms with E-state index in [1.54, 1.807) is 24.3 Å². The van der Waals surface area contributed by atoms with Gasteiger partial charge in [0.1, 0.15) is 5.75 Å². The van der Waals surface area contributed by atoms with Crippen molar-refractivity contribution in [1.82, 2.24) is 4.98 Å². The Balaban J connectivity index is 2.28. The summed E-state index contributed by atoms with van der Waals surface area (Å²) in [6.07, 6.45) is 1.44. The van der Waals surface area contributed by atoms with Gasteiger partial charge in [-0.2, -0.15) is 0 Å². The predicted octanol–water partition coefficient (Wildman–Crippen LogP) is 1.47. The van der Waals surface area contributed by atoms with Crippen LogP contribution >= 0.6 is 0 Å². The van der Waals surface area contributed by atoms with Crippen molar-refractivity contribution in [3.63, 3.8) is 0 Å². The average Bonchev–Trinajstić information content (AvgIpc) is 2.39. The Morgan fingerprint density at radius 1 is 1.33 bits per heavy atom. The van der Waals surface area contributed by atoms with E-state index in [1.165, 1.54) is 18.3 Å². The molecule has 5 nitrogen and oxygen atoms in total. The molecule has 2 rings (SSSR count). The highest BCUT2D eigenvalue weighted by Crippen LogP contribution is 2.24.